The van der Waals surface area contributed by atoms with E-state index in [0.717, 1.165) is 38.0 Å². The van der Waals surface area contributed by atoms with Crippen LogP contribution in [0.25, 0.3) is 0 Å². The summed E-state index contributed by atoms with van der Waals surface area (Å²) >= 11 is 0. The summed E-state index contributed by atoms with van der Waals surface area (Å²) in [7, 11) is 0. The van der Waals surface area contributed by atoms with E-state index in [1.807, 2.05) is 0 Å². The van der Waals surface area contributed by atoms with E-state index in [-0.39, 0.29) is 12.0 Å². The van der Waals surface area contributed by atoms with Gasteiger partial charge in [-0.05, 0) is 87.2 Å². The molecule has 2 atom stereocenters. The van der Waals surface area contributed by atoms with E-state index in [1.165, 1.54) is 38.5 Å². The number of aryl methyl sites for hydroxylation is 1. The van der Waals surface area contributed by atoms with Crippen LogP contribution in [0, 0.1) is 23.5 Å². The van der Waals surface area contributed by atoms with Crippen LogP contribution >= 0.6 is 0 Å². The van der Waals surface area contributed by atoms with Gasteiger partial charge in [0, 0.05) is 5.92 Å². The molecule has 1 aliphatic carbocycles. The molecule has 32 heavy (non-hydrogen) atoms. The van der Waals surface area contributed by atoms with Crippen LogP contribution in [0.15, 0.2) is 36.4 Å². The predicted molar refractivity (Wildman–Crippen MR) is 130 cm³/mol. The van der Waals surface area contributed by atoms with Crippen molar-refractivity contribution in [3.8, 4) is 0 Å². The Balaban J connectivity index is 1.44. The Morgan fingerprint density at radius 2 is 1.53 bits per heavy atom. The van der Waals surface area contributed by atoms with Gasteiger partial charge in [0.1, 0.15) is 0 Å². The second kappa shape index (κ2) is 13.3. The van der Waals surface area contributed by atoms with E-state index in [4.69, 9.17) is 4.74 Å². The second-order valence-corrected chi connectivity index (χ2v) is 9.82. The highest BCUT2D eigenvalue weighted by Crippen LogP contribution is 2.33. The fraction of sp³-hybridized carbons (Fsp3) is 0.655. The molecule has 178 valence electrons. The molecule has 2 fully saturated rings. The molecule has 2 unspecified atom stereocenters. The van der Waals surface area contributed by atoms with Gasteiger partial charge in [0.2, 0.25) is 0 Å². The molecule has 1 saturated carbocycles. The van der Waals surface area contributed by atoms with Crippen molar-refractivity contribution >= 4 is 0 Å². The van der Waals surface area contributed by atoms with Crippen LogP contribution in [-0.2, 0) is 11.2 Å². The largest absolute Gasteiger partial charge is 0.378 e. The molecule has 1 saturated heterocycles. The second-order valence-electron chi connectivity index (χ2n) is 9.82. The third-order valence-electron chi connectivity index (χ3n) is 7.28. The summed E-state index contributed by atoms with van der Waals surface area (Å²) in [4.78, 5) is 0. The minimum absolute atomic E-state index is 0.0292. The topological polar surface area (TPSA) is 9.23 Å². The van der Waals surface area contributed by atoms with Crippen molar-refractivity contribution in [3.05, 3.63) is 59.2 Å². The van der Waals surface area contributed by atoms with Crippen molar-refractivity contribution in [2.75, 3.05) is 6.61 Å². The van der Waals surface area contributed by atoms with Crippen molar-refractivity contribution in [2.24, 2.45) is 11.8 Å². The molecule has 0 radical (unpaired) electrons. The molecular formula is C29H42F2O. The highest BCUT2D eigenvalue weighted by atomic mass is 19.2. The van der Waals surface area contributed by atoms with Gasteiger partial charge < -0.3 is 4.74 Å². The molecule has 1 aromatic rings. The van der Waals surface area contributed by atoms with Gasteiger partial charge in [-0.25, -0.2) is 8.78 Å². The maximum atomic E-state index is 14.8. The highest BCUT2D eigenvalue weighted by Gasteiger charge is 2.26. The molecule has 0 bridgehead atoms. The van der Waals surface area contributed by atoms with Crippen molar-refractivity contribution in [3.63, 3.8) is 0 Å². The van der Waals surface area contributed by atoms with Crippen LogP contribution < -0.4 is 0 Å². The van der Waals surface area contributed by atoms with E-state index < -0.39 is 11.6 Å². The molecule has 1 aromatic carbocycles. The van der Waals surface area contributed by atoms with Crippen molar-refractivity contribution < 1.29 is 13.5 Å². The molecule has 1 aliphatic heterocycles. The number of hydrogen-bond acceptors (Lipinski definition) is 1. The number of allylic oxidation sites excluding steroid dienone is 4. The zero-order chi connectivity index (χ0) is 22.8. The van der Waals surface area contributed by atoms with Crippen LogP contribution in [0.1, 0.15) is 102 Å². The normalized spacial score (nSPS) is 26.9. The smallest absolute Gasteiger partial charge is 0.162 e. The van der Waals surface area contributed by atoms with Crippen LogP contribution in [0.3, 0.4) is 0 Å². The van der Waals surface area contributed by atoms with Crippen LogP contribution in [-0.4, -0.2) is 12.7 Å². The van der Waals surface area contributed by atoms with Crippen LogP contribution in [0.4, 0.5) is 8.78 Å². The third kappa shape index (κ3) is 7.27. The lowest BCUT2D eigenvalue weighted by atomic mass is 9.81. The zero-order valence-electron chi connectivity index (χ0n) is 20.1. The molecule has 0 amide bonds. The first-order chi connectivity index (χ1) is 15.6. The summed E-state index contributed by atoms with van der Waals surface area (Å²) in [6.45, 7) is 4.87. The summed E-state index contributed by atoms with van der Waals surface area (Å²) in [5.41, 5.74) is 0.975. The maximum absolute atomic E-state index is 14.8. The number of ether oxygens (including phenoxy) is 1. The van der Waals surface area contributed by atoms with Gasteiger partial charge >= 0.3 is 0 Å². The summed E-state index contributed by atoms with van der Waals surface area (Å²) < 4.78 is 35.4. The number of rotatable bonds is 10. The molecule has 0 spiro atoms. The maximum Gasteiger partial charge on any atom is 0.162 e. The lowest BCUT2D eigenvalue weighted by Gasteiger charge is -2.29. The van der Waals surface area contributed by atoms with E-state index in [9.17, 15) is 8.78 Å². The predicted octanol–water partition coefficient (Wildman–Crippen LogP) is 8.68. The molecule has 1 heterocycles. The Hall–Kier alpha value is -1.48. The Morgan fingerprint density at radius 3 is 2.12 bits per heavy atom. The number of hydrogen-bond donors (Lipinski definition) is 0. The first-order valence-electron chi connectivity index (χ1n) is 13.0. The average molecular weight is 445 g/mol. The summed E-state index contributed by atoms with van der Waals surface area (Å²) in [6.07, 6.45) is 22.2. The molecule has 1 nitrogen and oxygen atoms in total. The van der Waals surface area contributed by atoms with E-state index in [0.29, 0.717) is 30.1 Å². The summed E-state index contributed by atoms with van der Waals surface area (Å²) in [6, 6.07) is 3.58. The highest BCUT2D eigenvalue weighted by molar-refractivity contribution is 5.30. The van der Waals surface area contributed by atoms with Gasteiger partial charge in [0.05, 0.1) is 12.7 Å². The first-order valence-corrected chi connectivity index (χ1v) is 13.0. The Morgan fingerprint density at radius 1 is 0.844 bits per heavy atom. The third-order valence-corrected chi connectivity index (χ3v) is 7.28. The minimum Gasteiger partial charge on any atom is -0.378 e. The van der Waals surface area contributed by atoms with Gasteiger partial charge in [-0.3, -0.25) is 0 Å². The number of benzene rings is 1. The lowest BCUT2D eigenvalue weighted by molar-refractivity contribution is -0.00182. The fourth-order valence-electron chi connectivity index (χ4n) is 5.23. The van der Waals surface area contributed by atoms with Crippen molar-refractivity contribution in [1.82, 2.24) is 0 Å². The molecule has 3 heteroatoms. The fourth-order valence-corrected chi connectivity index (χ4v) is 5.23. The summed E-state index contributed by atoms with van der Waals surface area (Å²) in [5, 5.41) is 0. The monoisotopic (exact) mass is 444 g/mol. The quantitative estimate of drug-likeness (QED) is 0.328. The first kappa shape index (κ1) is 25.1. The standard InChI is InChI=1S/C29H42F2O/c1-3-5-6-10-22-13-15-23(16-14-22)11-7-8-12-24-18-20-27(29(31)28(24)30)25-17-19-26(9-4-2)32-21-25/h6-7,10-11,18,20,22-23,25-26H,3-5,8-9,12-17,19,21H2,1-2H3/b10-6+,11-7+. The van der Waals surface area contributed by atoms with Crippen LogP contribution in [0.2, 0.25) is 0 Å². The minimum atomic E-state index is -0.663. The molecule has 0 aromatic heterocycles. The Labute approximate surface area is 194 Å². The van der Waals surface area contributed by atoms with Gasteiger partial charge in [0.15, 0.2) is 11.6 Å². The molecule has 0 N–H and O–H groups in total. The Kier molecular flexibility index (Phi) is 10.4. The lowest BCUT2D eigenvalue weighted by Crippen LogP contribution is -2.25. The number of unbranched alkanes of at least 4 members (excludes halogenated alkanes) is 1. The van der Waals surface area contributed by atoms with Gasteiger partial charge in [0.25, 0.3) is 0 Å². The zero-order valence-corrected chi connectivity index (χ0v) is 20.1. The molecular weight excluding hydrogens is 402 g/mol. The summed E-state index contributed by atoms with van der Waals surface area (Å²) in [5.74, 6) is 0.0272. The van der Waals surface area contributed by atoms with Gasteiger partial charge in [-0.15, -0.1) is 0 Å². The van der Waals surface area contributed by atoms with E-state index in [2.05, 4.69) is 38.2 Å². The molecule has 3 rings (SSSR count). The Bertz CT molecular complexity index is 738. The van der Waals surface area contributed by atoms with Gasteiger partial charge in [-0.1, -0.05) is 63.1 Å². The van der Waals surface area contributed by atoms with E-state index in [1.54, 1.807) is 12.1 Å². The SMILES string of the molecule is CCC/C=C/C1CCC(/C=C/CCc2ccc(C3CCC(CCC)OC3)c(F)c2F)CC1. The average Bonchev–Trinajstić information content (AvgIpc) is 2.81. The number of halogens is 2. The van der Waals surface area contributed by atoms with Crippen LogP contribution in [0.5, 0.6) is 0 Å². The van der Waals surface area contributed by atoms with Crippen molar-refractivity contribution in [2.45, 2.75) is 103 Å². The van der Waals surface area contributed by atoms with Crippen molar-refractivity contribution in [1.29, 1.82) is 0 Å². The van der Waals surface area contributed by atoms with E-state index >= 15 is 0 Å². The molecule has 2 aliphatic rings. The van der Waals surface area contributed by atoms with Gasteiger partial charge in [-0.2, -0.15) is 0 Å².